The number of hydrogen-bond donors (Lipinski definition) is 1. The van der Waals surface area contributed by atoms with Crippen molar-refractivity contribution in [2.24, 2.45) is 4.99 Å². The lowest BCUT2D eigenvalue weighted by Crippen LogP contribution is -2.22. The van der Waals surface area contributed by atoms with Gasteiger partial charge in [-0.1, -0.05) is 25.3 Å². The number of carbonyl (C=O) groups excluding carboxylic acids is 1. The molecule has 0 atom stereocenters. The van der Waals surface area contributed by atoms with Gasteiger partial charge in [-0.25, -0.2) is 14.1 Å². The second-order valence-corrected chi connectivity index (χ2v) is 7.37. The number of halogens is 1. The molecule has 2 aliphatic rings. The summed E-state index contributed by atoms with van der Waals surface area (Å²) in [6.07, 6.45) is 10.3. The van der Waals surface area contributed by atoms with Crippen molar-refractivity contribution < 1.29 is 9.18 Å². The van der Waals surface area contributed by atoms with E-state index in [4.69, 9.17) is 0 Å². The molecule has 1 aliphatic carbocycles. The molecule has 1 saturated heterocycles. The largest absolute Gasteiger partial charge is 0.301 e. The molecule has 1 aliphatic heterocycles. The van der Waals surface area contributed by atoms with Crippen molar-refractivity contribution >= 4 is 28.9 Å². The molecule has 1 aromatic heterocycles. The highest BCUT2D eigenvalue weighted by molar-refractivity contribution is 8.18. The monoisotopic (exact) mass is 371 g/mol. The quantitative estimate of drug-likeness (QED) is 0.841. The van der Waals surface area contributed by atoms with Crippen LogP contribution in [0.3, 0.4) is 0 Å². The molecule has 1 aromatic carbocycles. The Morgan fingerprint density at radius 1 is 1.31 bits per heavy atom. The second kappa shape index (κ2) is 7.41. The number of amides is 1. The van der Waals surface area contributed by atoms with Crippen molar-refractivity contribution in [1.29, 1.82) is 0 Å². The summed E-state index contributed by atoms with van der Waals surface area (Å²) in [6.45, 7) is 0. The molecule has 26 heavy (non-hydrogen) atoms. The standard InChI is InChI=1S/C18H18FN5OS/c19-14-8-12(6-7-15(14)24-11-20-10-21-24)9-16-17(25)23-18(26-16)22-13-4-2-1-3-5-13/h6-11,13H,1-5H2,(H,22,23,25)/b16-9+. The number of aromatic nitrogens is 3. The maximum atomic E-state index is 14.3. The Morgan fingerprint density at radius 3 is 2.88 bits per heavy atom. The fourth-order valence-electron chi connectivity index (χ4n) is 3.15. The lowest BCUT2D eigenvalue weighted by Gasteiger charge is -2.17. The van der Waals surface area contributed by atoms with Gasteiger partial charge in [-0.15, -0.1) is 0 Å². The zero-order valence-corrected chi connectivity index (χ0v) is 14.9. The normalized spacial score (nSPS) is 21.5. The third kappa shape index (κ3) is 3.70. The third-order valence-corrected chi connectivity index (χ3v) is 5.38. The molecule has 0 unspecified atom stereocenters. The Kier molecular flexibility index (Phi) is 4.83. The van der Waals surface area contributed by atoms with Gasteiger partial charge in [-0.3, -0.25) is 9.79 Å². The van der Waals surface area contributed by atoms with Crippen molar-refractivity contribution in [3.05, 3.63) is 47.1 Å². The van der Waals surface area contributed by atoms with E-state index in [1.165, 1.54) is 54.4 Å². The molecule has 0 bridgehead atoms. The van der Waals surface area contributed by atoms with Crippen LogP contribution in [0.4, 0.5) is 4.39 Å². The van der Waals surface area contributed by atoms with Gasteiger partial charge in [0.2, 0.25) is 0 Å². The van der Waals surface area contributed by atoms with Crippen molar-refractivity contribution in [3.63, 3.8) is 0 Å². The molecule has 1 amide bonds. The fourth-order valence-corrected chi connectivity index (χ4v) is 4.04. The van der Waals surface area contributed by atoms with Crippen LogP contribution in [0.25, 0.3) is 11.8 Å². The van der Waals surface area contributed by atoms with E-state index in [9.17, 15) is 9.18 Å². The van der Waals surface area contributed by atoms with Crippen LogP contribution in [0.15, 0.2) is 40.8 Å². The predicted molar refractivity (Wildman–Crippen MR) is 99.3 cm³/mol. The van der Waals surface area contributed by atoms with Crippen molar-refractivity contribution in [2.75, 3.05) is 0 Å². The Morgan fingerprint density at radius 2 is 2.15 bits per heavy atom. The number of benzene rings is 1. The van der Waals surface area contributed by atoms with Crippen LogP contribution in [-0.4, -0.2) is 31.9 Å². The molecule has 1 N–H and O–H groups in total. The minimum atomic E-state index is -0.427. The van der Waals surface area contributed by atoms with Crippen molar-refractivity contribution in [2.45, 2.75) is 38.1 Å². The van der Waals surface area contributed by atoms with E-state index in [0.29, 0.717) is 27.4 Å². The molecule has 2 fully saturated rings. The SMILES string of the molecule is O=C1NC(=NC2CCCCC2)S/C1=C/c1ccc(-n2cncn2)c(F)c1. The zero-order chi connectivity index (χ0) is 17.9. The summed E-state index contributed by atoms with van der Waals surface area (Å²) >= 11 is 1.32. The first kappa shape index (κ1) is 17.0. The highest BCUT2D eigenvalue weighted by Gasteiger charge is 2.25. The van der Waals surface area contributed by atoms with Crippen LogP contribution in [0.5, 0.6) is 0 Å². The number of nitrogens with zero attached hydrogens (tertiary/aromatic N) is 4. The molecule has 1 saturated carbocycles. The van der Waals surface area contributed by atoms with Crippen LogP contribution in [0.2, 0.25) is 0 Å². The van der Waals surface area contributed by atoms with Crippen LogP contribution in [0.1, 0.15) is 37.7 Å². The zero-order valence-electron chi connectivity index (χ0n) is 14.1. The first-order valence-electron chi connectivity index (χ1n) is 8.62. The average molecular weight is 371 g/mol. The number of thioether (sulfide) groups is 1. The number of amidine groups is 1. The van der Waals surface area contributed by atoms with Crippen LogP contribution in [0, 0.1) is 5.82 Å². The van der Waals surface area contributed by atoms with Gasteiger partial charge in [0.25, 0.3) is 5.91 Å². The lowest BCUT2D eigenvalue weighted by molar-refractivity contribution is -0.115. The maximum absolute atomic E-state index is 14.3. The van der Waals surface area contributed by atoms with Crippen LogP contribution in [-0.2, 0) is 4.79 Å². The molecule has 0 spiro atoms. The Hall–Kier alpha value is -2.48. The average Bonchev–Trinajstić information content (AvgIpc) is 3.27. The maximum Gasteiger partial charge on any atom is 0.264 e. The van der Waals surface area contributed by atoms with Gasteiger partial charge in [-0.05, 0) is 48.4 Å². The summed E-state index contributed by atoms with van der Waals surface area (Å²) in [5, 5.41) is 7.38. The van der Waals surface area contributed by atoms with Gasteiger partial charge in [0.15, 0.2) is 5.17 Å². The number of carbonyl (C=O) groups is 1. The van der Waals surface area contributed by atoms with E-state index in [2.05, 4.69) is 20.4 Å². The van der Waals surface area contributed by atoms with E-state index in [1.807, 2.05) is 0 Å². The summed E-state index contributed by atoms with van der Waals surface area (Å²) in [7, 11) is 0. The minimum Gasteiger partial charge on any atom is -0.301 e. The second-order valence-electron chi connectivity index (χ2n) is 6.34. The molecule has 4 rings (SSSR count). The van der Waals surface area contributed by atoms with Gasteiger partial charge >= 0.3 is 0 Å². The lowest BCUT2D eigenvalue weighted by atomic mass is 9.96. The topological polar surface area (TPSA) is 72.2 Å². The van der Waals surface area contributed by atoms with E-state index < -0.39 is 5.82 Å². The molecule has 2 aromatic rings. The minimum absolute atomic E-state index is 0.190. The number of aliphatic imine (C=N–C) groups is 1. The number of rotatable bonds is 3. The summed E-state index contributed by atoms with van der Waals surface area (Å²) < 4.78 is 15.7. The summed E-state index contributed by atoms with van der Waals surface area (Å²) in [5.41, 5.74) is 0.927. The van der Waals surface area contributed by atoms with Gasteiger partial charge < -0.3 is 5.32 Å². The van der Waals surface area contributed by atoms with Gasteiger partial charge in [0.1, 0.15) is 24.2 Å². The molecule has 6 nitrogen and oxygen atoms in total. The van der Waals surface area contributed by atoms with Crippen molar-refractivity contribution in [1.82, 2.24) is 20.1 Å². The van der Waals surface area contributed by atoms with E-state index in [-0.39, 0.29) is 5.91 Å². The highest BCUT2D eigenvalue weighted by Crippen LogP contribution is 2.29. The molecule has 134 valence electrons. The molecule has 8 heteroatoms. The van der Waals surface area contributed by atoms with Crippen LogP contribution < -0.4 is 5.32 Å². The Balaban J connectivity index is 1.52. The van der Waals surface area contributed by atoms with E-state index in [0.717, 1.165) is 12.8 Å². The molecular weight excluding hydrogens is 353 g/mol. The molecular formula is C18H18FN5OS. The van der Waals surface area contributed by atoms with Crippen molar-refractivity contribution in [3.8, 4) is 5.69 Å². The number of hydrogen-bond acceptors (Lipinski definition) is 5. The van der Waals surface area contributed by atoms with Gasteiger partial charge in [-0.2, -0.15) is 5.10 Å². The smallest absolute Gasteiger partial charge is 0.264 e. The first-order chi connectivity index (χ1) is 12.7. The molecule has 2 heterocycles. The fraction of sp³-hybridized carbons (Fsp3) is 0.333. The molecule has 0 radical (unpaired) electrons. The Bertz CT molecular complexity index is 872. The van der Waals surface area contributed by atoms with E-state index >= 15 is 0 Å². The van der Waals surface area contributed by atoms with Gasteiger partial charge in [0.05, 0.1) is 10.9 Å². The number of nitrogens with one attached hydrogen (secondary N) is 1. The van der Waals surface area contributed by atoms with E-state index in [1.54, 1.807) is 18.2 Å². The highest BCUT2D eigenvalue weighted by atomic mass is 32.2. The first-order valence-corrected chi connectivity index (χ1v) is 9.44. The van der Waals surface area contributed by atoms with Crippen LogP contribution >= 0.6 is 11.8 Å². The summed E-state index contributed by atoms with van der Waals surface area (Å²) in [6, 6.07) is 5.04. The van der Waals surface area contributed by atoms with Gasteiger partial charge in [0, 0.05) is 0 Å². The summed E-state index contributed by atoms with van der Waals surface area (Å²) in [4.78, 5) is 21.2. The predicted octanol–water partition coefficient (Wildman–Crippen LogP) is 3.30. The summed E-state index contributed by atoms with van der Waals surface area (Å²) in [5.74, 6) is -0.616. The third-order valence-electron chi connectivity index (χ3n) is 4.46. The Labute approximate surface area is 154 Å².